The van der Waals surface area contributed by atoms with Gasteiger partial charge in [0.05, 0.1) is 18.0 Å². The van der Waals surface area contributed by atoms with Crippen molar-refractivity contribution in [2.45, 2.75) is 32.7 Å². The number of benzene rings is 1. The lowest BCUT2D eigenvalue weighted by molar-refractivity contribution is -0.141. The van der Waals surface area contributed by atoms with Gasteiger partial charge in [-0.05, 0) is 45.0 Å². The Morgan fingerprint density at radius 3 is 2.82 bits per heavy atom. The molecular formula is C20H21N3O5. The van der Waals surface area contributed by atoms with Crippen LogP contribution < -0.4 is 4.74 Å². The number of aryl methyl sites for hydroxylation is 1. The van der Waals surface area contributed by atoms with Crippen LogP contribution in [0.25, 0.3) is 16.9 Å². The summed E-state index contributed by atoms with van der Waals surface area (Å²) in [4.78, 5) is 15.8. The molecule has 0 aliphatic carbocycles. The number of hydrogen-bond acceptors (Lipinski definition) is 6. The molecule has 0 amide bonds. The average molecular weight is 383 g/mol. The maximum absolute atomic E-state index is 11.6. The molecule has 1 fully saturated rings. The first-order valence-corrected chi connectivity index (χ1v) is 8.98. The first-order chi connectivity index (χ1) is 13.3. The molecule has 0 saturated carbocycles. The summed E-state index contributed by atoms with van der Waals surface area (Å²) in [5, 5.41) is 14.0. The fraction of sp³-hybridized carbons (Fsp3) is 0.350. The molecule has 0 bridgehead atoms. The van der Waals surface area contributed by atoms with Gasteiger partial charge in [-0.25, -0.2) is 14.3 Å². The molecule has 28 heavy (non-hydrogen) atoms. The summed E-state index contributed by atoms with van der Waals surface area (Å²) < 4.78 is 18.7. The summed E-state index contributed by atoms with van der Waals surface area (Å²) in [5.74, 6) is -1.04. The van der Waals surface area contributed by atoms with Gasteiger partial charge in [0.2, 0.25) is 0 Å². The topological polar surface area (TPSA) is 95.2 Å². The third kappa shape index (κ3) is 3.44. The number of aromatic nitrogens is 3. The van der Waals surface area contributed by atoms with Gasteiger partial charge >= 0.3 is 5.97 Å². The van der Waals surface area contributed by atoms with Gasteiger partial charge in [-0.15, -0.1) is 0 Å². The van der Waals surface area contributed by atoms with E-state index in [9.17, 15) is 9.90 Å². The van der Waals surface area contributed by atoms with Gasteiger partial charge in [-0.2, -0.15) is 5.10 Å². The van der Waals surface area contributed by atoms with Crippen molar-refractivity contribution in [1.82, 2.24) is 14.6 Å². The van der Waals surface area contributed by atoms with Crippen LogP contribution in [0.15, 0.2) is 36.4 Å². The van der Waals surface area contributed by atoms with E-state index in [0.717, 1.165) is 5.56 Å². The maximum atomic E-state index is 11.6. The van der Waals surface area contributed by atoms with Crippen LogP contribution in [0, 0.1) is 6.92 Å². The van der Waals surface area contributed by atoms with E-state index in [1.54, 1.807) is 19.1 Å². The smallest absolute Gasteiger partial charge is 0.356 e. The van der Waals surface area contributed by atoms with Gasteiger partial charge in [0.15, 0.2) is 17.1 Å². The van der Waals surface area contributed by atoms with Crippen molar-refractivity contribution in [3.05, 3.63) is 47.8 Å². The maximum Gasteiger partial charge on any atom is 0.356 e. The fourth-order valence-electron chi connectivity index (χ4n) is 3.26. The second-order valence-electron chi connectivity index (χ2n) is 7.10. The van der Waals surface area contributed by atoms with Crippen LogP contribution in [0.3, 0.4) is 0 Å². The third-order valence-electron chi connectivity index (χ3n) is 4.51. The molecule has 4 rings (SSSR count). The molecule has 1 aromatic carbocycles. The number of nitrogens with zero attached hydrogens (tertiary/aromatic N) is 3. The molecule has 1 atom stereocenters. The van der Waals surface area contributed by atoms with E-state index in [2.05, 4.69) is 10.1 Å². The minimum Gasteiger partial charge on any atom is -0.490 e. The Morgan fingerprint density at radius 2 is 2.11 bits per heavy atom. The normalized spacial score (nSPS) is 18.5. The number of carboxylic acid groups (broad SMARTS) is 1. The van der Waals surface area contributed by atoms with Gasteiger partial charge in [0, 0.05) is 5.56 Å². The molecule has 8 heteroatoms. The lowest BCUT2D eigenvalue weighted by Crippen LogP contribution is -2.25. The lowest BCUT2D eigenvalue weighted by atomic mass is 10.1. The summed E-state index contributed by atoms with van der Waals surface area (Å²) in [6.07, 6.45) is -0.159. The molecule has 0 unspecified atom stereocenters. The molecule has 146 valence electrons. The SMILES string of the molecule is Cc1nc2ccc(-c3ccccc3OC[C@H]3COC(C)(C)O3)nn2c1C(=O)O. The predicted octanol–water partition coefficient (Wildman–Crippen LogP) is 2.93. The second kappa shape index (κ2) is 6.88. The van der Waals surface area contributed by atoms with Gasteiger partial charge < -0.3 is 19.3 Å². The summed E-state index contributed by atoms with van der Waals surface area (Å²) in [6, 6.07) is 11.0. The molecule has 8 nitrogen and oxygen atoms in total. The van der Waals surface area contributed by atoms with Crippen molar-refractivity contribution in [1.29, 1.82) is 0 Å². The number of aromatic carboxylic acids is 1. The van der Waals surface area contributed by atoms with E-state index in [-0.39, 0.29) is 11.8 Å². The van der Waals surface area contributed by atoms with Crippen molar-refractivity contribution in [2.24, 2.45) is 0 Å². The van der Waals surface area contributed by atoms with E-state index in [4.69, 9.17) is 14.2 Å². The Hall–Kier alpha value is -2.97. The number of carboxylic acids is 1. The molecular weight excluding hydrogens is 362 g/mol. The van der Waals surface area contributed by atoms with Gasteiger partial charge in [-0.1, -0.05) is 12.1 Å². The molecule has 2 aromatic heterocycles. The molecule has 1 aliphatic rings. The zero-order valence-corrected chi connectivity index (χ0v) is 15.9. The largest absolute Gasteiger partial charge is 0.490 e. The van der Waals surface area contributed by atoms with Crippen LogP contribution in [0.1, 0.15) is 30.0 Å². The van der Waals surface area contributed by atoms with E-state index < -0.39 is 11.8 Å². The molecule has 1 aliphatic heterocycles. The summed E-state index contributed by atoms with van der Waals surface area (Å²) >= 11 is 0. The number of fused-ring (bicyclic) bond motifs is 1. The van der Waals surface area contributed by atoms with Gasteiger partial charge in [0.1, 0.15) is 18.5 Å². The van der Waals surface area contributed by atoms with Crippen LogP contribution in [-0.4, -0.2) is 50.8 Å². The van der Waals surface area contributed by atoms with Crippen LogP contribution in [0.2, 0.25) is 0 Å². The minimum absolute atomic E-state index is 0.0500. The zero-order valence-electron chi connectivity index (χ0n) is 15.9. The number of carbonyl (C=O) groups is 1. The van der Waals surface area contributed by atoms with E-state index >= 15 is 0 Å². The predicted molar refractivity (Wildman–Crippen MR) is 101 cm³/mol. The Balaban J connectivity index is 1.64. The van der Waals surface area contributed by atoms with Crippen LogP contribution >= 0.6 is 0 Å². The molecule has 3 aromatic rings. The van der Waals surface area contributed by atoms with Gasteiger partial charge in [-0.3, -0.25) is 0 Å². The molecule has 0 spiro atoms. The van der Waals surface area contributed by atoms with Crippen LogP contribution in [0.4, 0.5) is 0 Å². The number of para-hydroxylation sites is 1. The Bertz CT molecular complexity index is 1040. The second-order valence-corrected chi connectivity index (χ2v) is 7.10. The molecule has 1 saturated heterocycles. The van der Waals surface area contributed by atoms with Gasteiger partial charge in [0.25, 0.3) is 0 Å². The van der Waals surface area contributed by atoms with Crippen molar-refractivity contribution in [3.63, 3.8) is 0 Å². The van der Waals surface area contributed by atoms with Crippen LogP contribution in [0.5, 0.6) is 5.75 Å². The quantitative estimate of drug-likeness (QED) is 0.724. The Kier molecular flexibility index (Phi) is 4.52. The summed E-state index contributed by atoms with van der Waals surface area (Å²) in [7, 11) is 0. The fourth-order valence-corrected chi connectivity index (χ4v) is 3.26. The monoisotopic (exact) mass is 383 g/mol. The minimum atomic E-state index is -1.07. The van der Waals surface area contributed by atoms with Crippen molar-refractivity contribution in [2.75, 3.05) is 13.2 Å². The molecule has 3 heterocycles. The van der Waals surface area contributed by atoms with Crippen molar-refractivity contribution < 1.29 is 24.1 Å². The number of rotatable bonds is 5. The highest BCUT2D eigenvalue weighted by Gasteiger charge is 2.33. The molecule has 0 radical (unpaired) electrons. The average Bonchev–Trinajstić information content (AvgIpc) is 3.17. The molecule has 1 N–H and O–H groups in total. The number of imidazole rings is 1. The lowest BCUT2D eigenvalue weighted by Gasteiger charge is -2.18. The summed E-state index contributed by atoms with van der Waals surface area (Å²) in [5.41, 5.74) is 2.30. The standard InChI is InChI=1S/C20H21N3O5/c1-12-18(19(24)25)23-17(21-12)9-8-15(22-23)14-6-4-5-7-16(14)26-10-13-11-27-20(2,3)28-13/h4-9,13H,10-11H2,1-3H3,(H,24,25)/t13-/m0/s1. The van der Waals surface area contributed by atoms with E-state index in [1.807, 2.05) is 38.1 Å². The number of ether oxygens (including phenoxy) is 3. The zero-order chi connectivity index (χ0) is 19.9. The Labute approximate surface area is 161 Å². The highest BCUT2D eigenvalue weighted by Crippen LogP contribution is 2.30. The third-order valence-corrected chi connectivity index (χ3v) is 4.51. The van der Waals surface area contributed by atoms with Crippen molar-refractivity contribution >= 4 is 11.6 Å². The highest BCUT2D eigenvalue weighted by atomic mass is 16.7. The van der Waals surface area contributed by atoms with E-state index in [1.165, 1.54) is 4.52 Å². The highest BCUT2D eigenvalue weighted by molar-refractivity contribution is 5.88. The number of hydrogen-bond donors (Lipinski definition) is 1. The Morgan fingerprint density at radius 1 is 1.32 bits per heavy atom. The van der Waals surface area contributed by atoms with Crippen molar-refractivity contribution in [3.8, 4) is 17.0 Å². The van der Waals surface area contributed by atoms with Crippen LogP contribution in [-0.2, 0) is 9.47 Å². The first-order valence-electron chi connectivity index (χ1n) is 8.98. The van der Waals surface area contributed by atoms with E-state index in [0.29, 0.717) is 36.0 Å². The summed E-state index contributed by atoms with van der Waals surface area (Å²) in [6.45, 7) is 6.20. The first kappa shape index (κ1) is 18.4.